The van der Waals surface area contributed by atoms with E-state index >= 15 is 0 Å². The van der Waals surface area contributed by atoms with Crippen molar-refractivity contribution in [2.24, 2.45) is 5.92 Å². The molecule has 2 N–H and O–H groups in total. The number of halogens is 2. The number of carbonyl (C=O) groups is 2. The third kappa shape index (κ3) is 5.53. The highest BCUT2D eigenvalue weighted by Gasteiger charge is 2.27. The molecule has 31 heavy (non-hydrogen) atoms. The molecule has 1 fully saturated rings. The summed E-state index contributed by atoms with van der Waals surface area (Å²) in [4.78, 5) is 36.8. The van der Waals surface area contributed by atoms with Gasteiger partial charge in [-0.25, -0.2) is 13.6 Å². The molecule has 0 bridgehead atoms. The molecule has 0 spiro atoms. The molecule has 0 saturated carbocycles. The van der Waals surface area contributed by atoms with Crippen LogP contribution in [0.4, 0.5) is 25.0 Å². The number of hydrogen-bond donors (Lipinski definition) is 2. The first-order valence-corrected chi connectivity index (χ1v) is 9.79. The van der Waals surface area contributed by atoms with Gasteiger partial charge in [0.05, 0.1) is 10.5 Å². The zero-order valence-electron chi connectivity index (χ0n) is 16.9. The average Bonchev–Trinajstić information content (AvgIpc) is 2.73. The zero-order chi connectivity index (χ0) is 22.5. The maximum atomic E-state index is 14.1. The van der Waals surface area contributed by atoms with E-state index in [1.807, 2.05) is 0 Å². The molecular weight excluding hydrogens is 410 g/mol. The second kappa shape index (κ2) is 9.50. The van der Waals surface area contributed by atoms with Crippen molar-refractivity contribution in [1.29, 1.82) is 0 Å². The molecule has 0 aliphatic carbocycles. The Kier molecular flexibility index (Phi) is 6.78. The lowest BCUT2D eigenvalue weighted by Gasteiger charge is -2.33. The summed E-state index contributed by atoms with van der Waals surface area (Å²) >= 11 is 0. The number of amides is 3. The van der Waals surface area contributed by atoms with Crippen LogP contribution in [-0.2, 0) is 0 Å². The summed E-state index contributed by atoms with van der Waals surface area (Å²) in [6.07, 6.45) is 1.45. The van der Waals surface area contributed by atoms with Crippen molar-refractivity contribution in [3.8, 4) is 0 Å². The molecule has 0 radical (unpaired) electrons. The van der Waals surface area contributed by atoms with E-state index in [0.717, 1.165) is 18.6 Å². The molecule has 2 aromatic carbocycles. The lowest BCUT2D eigenvalue weighted by molar-refractivity contribution is -0.385. The molecule has 1 saturated heterocycles. The number of piperidine rings is 1. The van der Waals surface area contributed by atoms with E-state index in [-0.39, 0.29) is 23.6 Å². The molecule has 3 amide bonds. The number of nitro groups is 1. The van der Waals surface area contributed by atoms with E-state index in [2.05, 4.69) is 10.6 Å². The Morgan fingerprint density at radius 3 is 2.74 bits per heavy atom. The van der Waals surface area contributed by atoms with Crippen LogP contribution >= 0.6 is 0 Å². The van der Waals surface area contributed by atoms with Crippen LogP contribution in [0.5, 0.6) is 0 Å². The van der Waals surface area contributed by atoms with Crippen LogP contribution < -0.4 is 10.6 Å². The molecule has 0 aromatic heterocycles. The van der Waals surface area contributed by atoms with Crippen molar-refractivity contribution in [1.82, 2.24) is 10.2 Å². The standard InChI is InChI=1S/C21H22F2N4O4/c1-13-18(23)8-15(9-19(13)27(30)31)20(28)26-7-3-4-14(12-26)11-24-21(29)25-17-6-2-5-16(22)10-17/h2,5-6,8-10,14H,3-4,7,11-12H2,1H3,(H2,24,25,29). The first-order chi connectivity index (χ1) is 14.7. The van der Waals surface area contributed by atoms with E-state index < -0.39 is 34.2 Å². The minimum absolute atomic E-state index is 0.0405. The van der Waals surface area contributed by atoms with Gasteiger partial charge in [0.25, 0.3) is 11.6 Å². The molecule has 10 heteroatoms. The van der Waals surface area contributed by atoms with E-state index in [1.165, 1.54) is 30.0 Å². The number of anilines is 1. The van der Waals surface area contributed by atoms with Gasteiger partial charge in [0, 0.05) is 37.0 Å². The second-order valence-corrected chi connectivity index (χ2v) is 7.46. The first kappa shape index (κ1) is 22.1. The number of carbonyl (C=O) groups excluding carboxylic acids is 2. The van der Waals surface area contributed by atoms with Gasteiger partial charge in [0.2, 0.25) is 0 Å². The normalized spacial score (nSPS) is 16.0. The predicted octanol–water partition coefficient (Wildman–Crippen LogP) is 3.86. The Labute approximate surface area is 177 Å². The van der Waals surface area contributed by atoms with Gasteiger partial charge in [0.15, 0.2) is 0 Å². The van der Waals surface area contributed by atoms with Crippen molar-refractivity contribution in [3.63, 3.8) is 0 Å². The topological polar surface area (TPSA) is 105 Å². The van der Waals surface area contributed by atoms with E-state index in [1.54, 1.807) is 6.07 Å². The summed E-state index contributed by atoms with van der Waals surface area (Å²) in [6, 6.07) is 7.11. The van der Waals surface area contributed by atoms with Gasteiger partial charge in [-0.3, -0.25) is 14.9 Å². The number of rotatable bonds is 5. The molecular formula is C21H22F2N4O4. The molecule has 1 aliphatic rings. The van der Waals surface area contributed by atoms with Gasteiger partial charge in [-0.05, 0) is 49.9 Å². The van der Waals surface area contributed by atoms with Gasteiger partial charge in [0.1, 0.15) is 11.6 Å². The minimum atomic E-state index is -0.804. The SMILES string of the molecule is Cc1c(F)cc(C(=O)N2CCCC(CNC(=O)Nc3cccc(F)c3)C2)cc1[N+](=O)[O-]. The maximum absolute atomic E-state index is 14.1. The number of nitro benzene ring substituents is 1. The lowest BCUT2D eigenvalue weighted by atomic mass is 9.97. The highest BCUT2D eigenvalue weighted by atomic mass is 19.1. The van der Waals surface area contributed by atoms with Crippen molar-refractivity contribution in [2.75, 3.05) is 25.0 Å². The predicted molar refractivity (Wildman–Crippen MR) is 110 cm³/mol. The quantitative estimate of drug-likeness (QED) is 0.553. The van der Waals surface area contributed by atoms with Gasteiger partial charge < -0.3 is 15.5 Å². The van der Waals surface area contributed by atoms with Gasteiger partial charge in [-0.1, -0.05) is 6.07 Å². The fourth-order valence-corrected chi connectivity index (χ4v) is 3.55. The Morgan fingerprint density at radius 1 is 1.26 bits per heavy atom. The van der Waals surface area contributed by atoms with Gasteiger partial charge in [-0.15, -0.1) is 0 Å². The van der Waals surface area contributed by atoms with Crippen LogP contribution in [0, 0.1) is 34.6 Å². The molecule has 2 aromatic rings. The van der Waals surface area contributed by atoms with Crippen molar-refractivity contribution >= 4 is 23.3 Å². The van der Waals surface area contributed by atoms with Crippen LogP contribution in [0.15, 0.2) is 36.4 Å². The fraction of sp³-hybridized carbons (Fsp3) is 0.333. The Bertz CT molecular complexity index is 1010. The number of nitrogens with zero attached hydrogens (tertiary/aromatic N) is 2. The third-order valence-electron chi connectivity index (χ3n) is 5.20. The maximum Gasteiger partial charge on any atom is 0.319 e. The highest BCUT2D eigenvalue weighted by molar-refractivity contribution is 5.95. The van der Waals surface area contributed by atoms with Crippen LogP contribution in [0.3, 0.4) is 0 Å². The van der Waals surface area contributed by atoms with Crippen molar-refractivity contribution in [2.45, 2.75) is 19.8 Å². The van der Waals surface area contributed by atoms with Crippen LogP contribution in [0.2, 0.25) is 0 Å². The summed E-state index contributed by atoms with van der Waals surface area (Å²) < 4.78 is 27.3. The van der Waals surface area contributed by atoms with E-state index in [4.69, 9.17) is 0 Å². The monoisotopic (exact) mass is 432 g/mol. The smallest absolute Gasteiger partial charge is 0.319 e. The first-order valence-electron chi connectivity index (χ1n) is 9.79. The minimum Gasteiger partial charge on any atom is -0.338 e. The summed E-state index contributed by atoms with van der Waals surface area (Å²) in [5.74, 6) is -1.80. The molecule has 8 nitrogen and oxygen atoms in total. The van der Waals surface area contributed by atoms with Crippen LogP contribution in [0.25, 0.3) is 0 Å². The number of nitrogens with one attached hydrogen (secondary N) is 2. The molecule has 1 unspecified atom stereocenters. The molecule has 3 rings (SSSR count). The van der Waals surface area contributed by atoms with Crippen molar-refractivity contribution in [3.05, 3.63) is 69.3 Å². The zero-order valence-corrected chi connectivity index (χ0v) is 16.9. The van der Waals surface area contributed by atoms with Crippen LogP contribution in [-0.4, -0.2) is 41.4 Å². The number of likely N-dealkylation sites (tertiary alicyclic amines) is 1. The summed E-state index contributed by atoms with van der Waals surface area (Å²) in [6.45, 7) is 2.34. The Balaban J connectivity index is 1.59. The Hall–Kier alpha value is -3.56. The number of hydrogen-bond acceptors (Lipinski definition) is 4. The number of benzene rings is 2. The Morgan fingerprint density at radius 2 is 2.03 bits per heavy atom. The van der Waals surface area contributed by atoms with Gasteiger partial charge in [-0.2, -0.15) is 0 Å². The third-order valence-corrected chi connectivity index (χ3v) is 5.20. The van der Waals surface area contributed by atoms with E-state index in [9.17, 15) is 28.5 Å². The van der Waals surface area contributed by atoms with E-state index in [0.29, 0.717) is 25.2 Å². The molecule has 1 aliphatic heterocycles. The van der Waals surface area contributed by atoms with Crippen LogP contribution in [0.1, 0.15) is 28.8 Å². The highest BCUT2D eigenvalue weighted by Crippen LogP contribution is 2.25. The lowest BCUT2D eigenvalue weighted by Crippen LogP contribution is -2.44. The second-order valence-electron chi connectivity index (χ2n) is 7.46. The summed E-state index contributed by atoms with van der Waals surface area (Å²) in [5.41, 5.74) is -0.313. The largest absolute Gasteiger partial charge is 0.338 e. The van der Waals surface area contributed by atoms with Gasteiger partial charge >= 0.3 is 6.03 Å². The molecule has 164 valence electrons. The van der Waals surface area contributed by atoms with Crippen molar-refractivity contribution < 1.29 is 23.3 Å². The molecule has 1 heterocycles. The summed E-state index contributed by atoms with van der Waals surface area (Å²) in [5, 5.41) is 16.4. The molecule has 1 atom stereocenters. The average molecular weight is 432 g/mol. The summed E-state index contributed by atoms with van der Waals surface area (Å²) in [7, 11) is 0. The number of urea groups is 1. The fourth-order valence-electron chi connectivity index (χ4n) is 3.55.